The molecule has 9 heteroatoms. The molecule has 50 valence electrons. The Morgan fingerprint density at radius 2 is 0.333 bits per heavy atom. The Kier molecular flexibility index (Phi) is 1490. The van der Waals surface area contributed by atoms with Gasteiger partial charge in [0.1, 0.15) is 0 Å². The molecular weight excluding hydrogens is 240 g/mol. The van der Waals surface area contributed by atoms with Crippen LogP contribution in [0.25, 0.3) is 0 Å². The molecule has 0 rings (SSSR count). The van der Waals surface area contributed by atoms with Crippen LogP contribution >= 0.6 is 0 Å². The second-order valence-corrected chi connectivity index (χ2v) is 0. The largest absolute Gasteiger partial charge is 2.00 e. The van der Waals surface area contributed by atoms with Gasteiger partial charge in [-0.05, 0) is 0 Å². The Labute approximate surface area is 149 Å². The van der Waals surface area contributed by atoms with E-state index in [1.54, 1.807) is 0 Å². The fraction of sp³-hybridized carbons (Fsp3) is 0. The van der Waals surface area contributed by atoms with E-state index in [2.05, 4.69) is 0 Å². The summed E-state index contributed by atoms with van der Waals surface area (Å²) in [4.78, 5) is 0. The Bertz CT molecular complexity index is 11.0. The van der Waals surface area contributed by atoms with Crippen molar-refractivity contribution in [1.82, 2.24) is 0 Å². The van der Waals surface area contributed by atoms with Gasteiger partial charge in [0.15, 0.2) is 0 Å². The fourth-order valence-corrected chi connectivity index (χ4v) is 0. The predicted molar refractivity (Wildman–Crippen MR) is 0 cm³/mol. The molecule has 0 spiro atoms. The minimum absolute atomic E-state index is 0. The quantitative estimate of drug-likeness (QED) is 0.291. The first-order valence-corrected chi connectivity index (χ1v) is 0. The summed E-state index contributed by atoms with van der Waals surface area (Å²) in [5, 5.41) is 0. The van der Waals surface area contributed by atoms with E-state index in [0.717, 1.165) is 0 Å². The molecule has 0 saturated heterocycles. The SMILES string of the molecule is [F-].[F-].[F-].[F-].[F-].[F-].[K+].[K+].[Ti+2]. The third-order valence-electron chi connectivity index (χ3n) is 0. The van der Waals surface area contributed by atoms with Gasteiger partial charge in [0.2, 0.25) is 0 Å². The molecule has 0 saturated carbocycles. The number of hydrogen-bond donors (Lipinski definition) is 0. The maximum atomic E-state index is 0. The van der Waals surface area contributed by atoms with Gasteiger partial charge >= 0.3 is 124 Å². The van der Waals surface area contributed by atoms with Crippen molar-refractivity contribution in [3.63, 3.8) is 0 Å². The Balaban J connectivity index is 0. The van der Waals surface area contributed by atoms with Crippen LogP contribution in [0.3, 0.4) is 0 Å². The van der Waals surface area contributed by atoms with Crippen LogP contribution in [0.2, 0.25) is 0 Å². The van der Waals surface area contributed by atoms with Gasteiger partial charge in [-0.3, -0.25) is 0 Å². The summed E-state index contributed by atoms with van der Waals surface area (Å²) in [6, 6.07) is 0. The molecular formula is F6K2Ti-2. The van der Waals surface area contributed by atoms with Gasteiger partial charge < -0.3 is 28.2 Å². The van der Waals surface area contributed by atoms with Crippen LogP contribution in [-0.4, -0.2) is 0 Å². The van der Waals surface area contributed by atoms with Crippen LogP contribution in [0, 0.1) is 0 Å². The van der Waals surface area contributed by atoms with Crippen molar-refractivity contribution in [2.45, 2.75) is 0 Å². The number of hydrogen-bond acceptors (Lipinski definition) is 0. The zero-order chi connectivity index (χ0) is 0. The first-order chi connectivity index (χ1) is 0. The molecule has 0 aromatic carbocycles. The number of halogens is 6. The molecule has 0 aliphatic carbocycles. The third kappa shape index (κ3) is 83.2. The van der Waals surface area contributed by atoms with E-state index in [-0.39, 0.29) is 153 Å². The molecule has 0 atom stereocenters. The van der Waals surface area contributed by atoms with E-state index in [9.17, 15) is 0 Å². The molecule has 0 N–H and O–H groups in total. The summed E-state index contributed by atoms with van der Waals surface area (Å²) < 4.78 is 0. The van der Waals surface area contributed by atoms with Crippen molar-refractivity contribution >= 4 is 0 Å². The van der Waals surface area contributed by atoms with Crippen LogP contribution in [0.4, 0.5) is 0 Å². The Morgan fingerprint density at radius 1 is 0.333 bits per heavy atom. The van der Waals surface area contributed by atoms with E-state index in [1.165, 1.54) is 0 Å². The van der Waals surface area contributed by atoms with E-state index in [0.29, 0.717) is 0 Å². The first-order valence-electron chi connectivity index (χ1n) is 0. The number of rotatable bonds is 0. The maximum absolute atomic E-state index is 0. The van der Waals surface area contributed by atoms with Gasteiger partial charge in [0.25, 0.3) is 0 Å². The van der Waals surface area contributed by atoms with Crippen molar-refractivity contribution in [3.8, 4) is 0 Å². The normalized spacial score (nSPS) is 0. The second-order valence-electron chi connectivity index (χ2n) is 0. The second kappa shape index (κ2) is 102. The molecule has 0 heterocycles. The van der Waals surface area contributed by atoms with Crippen molar-refractivity contribution in [1.29, 1.82) is 0 Å². The fourth-order valence-electron chi connectivity index (χ4n) is 0. The van der Waals surface area contributed by atoms with Crippen molar-refractivity contribution in [2.24, 2.45) is 0 Å². The zero-order valence-corrected chi connectivity index (χ0v) is 12.6. The van der Waals surface area contributed by atoms with E-state index in [1.807, 2.05) is 0 Å². The van der Waals surface area contributed by atoms with Crippen molar-refractivity contribution in [3.05, 3.63) is 0 Å². The Morgan fingerprint density at radius 3 is 0.333 bits per heavy atom. The van der Waals surface area contributed by atoms with Crippen molar-refractivity contribution in [2.75, 3.05) is 0 Å². The summed E-state index contributed by atoms with van der Waals surface area (Å²) in [5.74, 6) is 0. The minimum atomic E-state index is 0. The van der Waals surface area contributed by atoms with Gasteiger partial charge in [-0.1, -0.05) is 0 Å². The summed E-state index contributed by atoms with van der Waals surface area (Å²) in [6.07, 6.45) is 0. The monoisotopic (exact) mass is 240 g/mol. The third-order valence-corrected chi connectivity index (χ3v) is 0. The molecule has 0 fully saturated rings. The zero-order valence-electron chi connectivity index (χ0n) is 4.77. The maximum Gasteiger partial charge on any atom is 2.00 e. The van der Waals surface area contributed by atoms with Gasteiger partial charge in [0.05, 0.1) is 0 Å². The average Bonchev–Trinajstić information content (AvgIpc) is 0. The summed E-state index contributed by atoms with van der Waals surface area (Å²) in [6.45, 7) is 0. The van der Waals surface area contributed by atoms with Gasteiger partial charge in [-0.25, -0.2) is 0 Å². The van der Waals surface area contributed by atoms with Gasteiger partial charge in [-0.2, -0.15) is 0 Å². The van der Waals surface area contributed by atoms with Crippen LogP contribution in [-0.2, 0) is 21.7 Å². The van der Waals surface area contributed by atoms with Gasteiger partial charge in [0, 0.05) is 0 Å². The topological polar surface area (TPSA) is 0 Å². The molecule has 0 aliphatic rings. The van der Waals surface area contributed by atoms with E-state index < -0.39 is 0 Å². The summed E-state index contributed by atoms with van der Waals surface area (Å²) in [5.41, 5.74) is 0. The minimum Gasteiger partial charge on any atom is -1.00 e. The van der Waals surface area contributed by atoms with Crippen LogP contribution in [0.5, 0.6) is 0 Å². The molecule has 0 radical (unpaired) electrons. The van der Waals surface area contributed by atoms with E-state index in [4.69, 9.17) is 0 Å². The van der Waals surface area contributed by atoms with Crippen LogP contribution < -0.4 is 131 Å². The molecule has 0 amide bonds. The smallest absolute Gasteiger partial charge is 1.00 e. The van der Waals surface area contributed by atoms with E-state index >= 15 is 0 Å². The van der Waals surface area contributed by atoms with Crippen LogP contribution in [0.1, 0.15) is 0 Å². The molecule has 0 aromatic heterocycles. The predicted octanol–water partition coefficient (Wildman–Crippen LogP) is -24.0. The standard InChI is InChI=1S/6FH.2K.Ti/h6*1H;;;/q;;;;;;2*+1;+2/p-6. The van der Waals surface area contributed by atoms with Crippen molar-refractivity contribution < 1.29 is 153 Å². The average molecular weight is 240 g/mol. The Hall–Kier alpha value is 3.57. The molecule has 9 heavy (non-hydrogen) atoms. The molecule has 0 bridgehead atoms. The summed E-state index contributed by atoms with van der Waals surface area (Å²) >= 11 is 0. The van der Waals surface area contributed by atoms with Gasteiger partial charge in [-0.15, -0.1) is 0 Å². The molecule has 0 aliphatic heterocycles. The molecule has 0 aromatic rings. The first kappa shape index (κ1) is 132. The molecule has 0 unspecified atom stereocenters. The summed E-state index contributed by atoms with van der Waals surface area (Å²) in [7, 11) is 0. The molecule has 0 nitrogen and oxygen atoms in total. The van der Waals surface area contributed by atoms with Crippen LogP contribution in [0.15, 0.2) is 0 Å².